The van der Waals surface area contributed by atoms with E-state index < -0.39 is 0 Å². The van der Waals surface area contributed by atoms with Crippen molar-refractivity contribution in [2.45, 2.75) is 27.7 Å². The van der Waals surface area contributed by atoms with E-state index in [1.165, 1.54) is 0 Å². The highest BCUT2D eigenvalue weighted by atomic mass is 79.9. The van der Waals surface area contributed by atoms with Gasteiger partial charge in [0.05, 0.1) is 26.6 Å². The first kappa shape index (κ1) is 13.7. The van der Waals surface area contributed by atoms with Crippen molar-refractivity contribution in [3.8, 4) is 0 Å². The van der Waals surface area contributed by atoms with Crippen molar-refractivity contribution in [2.75, 3.05) is 19.6 Å². The molecule has 0 heterocycles. The molecule has 0 aliphatic rings. The van der Waals surface area contributed by atoms with Gasteiger partial charge in [-0.3, -0.25) is 4.48 Å². The van der Waals surface area contributed by atoms with Crippen molar-refractivity contribution < 1.29 is 9.28 Å². The number of halogens is 1. The van der Waals surface area contributed by atoms with Crippen LogP contribution in [0.4, 0.5) is 0 Å². The maximum absolute atomic E-state index is 11.1. The number of carbonyl (C=O) groups excluding carboxylic acids is 1. The van der Waals surface area contributed by atoms with Gasteiger partial charge >= 0.3 is 5.91 Å². The first-order chi connectivity index (χ1) is 4.63. The summed E-state index contributed by atoms with van der Waals surface area (Å²) >= 11 is 0. The molecule has 0 fully saturated rings. The molecular weight excluding hydrogens is 206 g/mol. The number of rotatable bonds is 3. The average Bonchev–Trinajstić information content (AvgIpc) is 1.92. The van der Waals surface area contributed by atoms with Crippen LogP contribution >= 0.6 is 17.0 Å². The third kappa shape index (κ3) is 2.91. The van der Waals surface area contributed by atoms with Crippen molar-refractivity contribution in [1.82, 2.24) is 0 Å². The second-order valence-electron chi connectivity index (χ2n) is 2.61. The number of hydrogen-bond acceptors (Lipinski definition) is 1. The average molecular weight is 225 g/mol. The number of nitrogens with zero attached hydrogens (tertiary/aromatic N) is 1. The summed E-state index contributed by atoms with van der Waals surface area (Å²) in [5, 5.41) is 0. The normalized spacial score (nSPS) is 10.5. The molecule has 68 valence electrons. The first-order valence-electron chi connectivity index (χ1n) is 4.00. The van der Waals surface area contributed by atoms with Gasteiger partial charge in [0, 0.05) is 0 Å². The molecule has 0 aromatic rings. The summed E-state index contributed by atoms with van der Waals surface area (Å²) in [6.45, 7) is 10.6. The Morgan fingerprint density at radius 3 is 1.36 bits per heavy atom. The maximum Gasteiger partial charge on any atom is 0.310 e. The topological polar surface area (TPSA) is 17.1 Å². The Bertz CT molecular complexity index is 113. The number of amides is 1. The molecule has 0 spiro atoms. The van der Waals surface area contributed by atoms with Crippen LogP contribution < -0.4 is 0 Å². The van der Waals surface area contributed by atoms with Crippen LogP contribution in [0.25, 0.3) is 0 Å². The van der Waals surface area contributed by atoms with Gasteiger partial charge in [-0.2, -0.15) is 0 Å². The molecule has 0 bridgehead atoms. The van der Waals surface area contributed by atoms with Gasteiger partial charge in [-0.25, -0.2) is 4.79 Å². The molecule has 0 rings (SSSR count). The number of hydrogen-bond donors (Lipinski definition) is 0. The summed E-state index contributed by atoms with van der Waals surface area (Å²) in [7, 11) is 0. The fraction of sp³-hybridized carbons (Fsp3) is 0.875. The summed E-state index contributed by atoms with van der Waals surface area (Å²) < 4.78 is 0.625. The lowest BCUT2D eigenvalue weighted by molar-refractivity contribution is -0.848. The largest absolute Gasteiger partial charge is 0.310 e. The molecule has 0 saturated carbocycles. The smallest absolute Gasteiger partial charge is 0.261 e. The second-order valence-corrected chi connectivity index (χ2v) is 2.61. The summed E-state index contributed by atoms with van der Waals surface area (Å²) in [4.78, 5) is 11.1. The zero-order valence-electron chi connectivity index (χ0n) is 7.89. The molecule has 11 heavy (non-hydrogen) atoms. The quantitative estimate of drug-likeness (QED) is 0.671. The molecule has 0 saturated heterocycles. The minimum atomic E-state index is 0. The van der Waals surface area contributed by atoms with Crippen LogP contribution in [0.1, 0.15) is 27.7 Å². The predicted octanol–water partition coefficient (Wildman–Crippen LogP) is 1.99. The summed E-state index contributed by atoms with van der Waals surface area (Å²) in [6.07, 6.45) is 0. The Labute approximate surface area is 79.9 Å². The molecule has 0 radical (unpaired) electrons. The van der Waals surface area contributed by atoms with E-state index in [-0.39, 0.29) is 22.9 Å². The molecule has 0 aliphatic heterocycles. The van der Waals surface area contributed by atoms with Crippen molar-refractivity contribution >= 4 is 22.9 Å². The first-order valence-corrected chi connectivity index (χ1v) is 4.00. The monoisotopic (exact) mass is 224 g/mol. The van der Waals surface area contributed by atoms with Crippen LogP contribution in [0.3, 0.4) is 0 Å². The molecule has 0 aliphatic carbocycles. The van der Waals surface area contributed by atoms with Gasteiger partial charge in [-0.05, 0) is 20.8 Å². The summed E-state index contributed by atoms with van der Waals surface area (Å²) in [6, 6.07) is 0. The fourth-order valence-corrected chi connectivity index (χ4v) is 1.34. The van der Waals surface area contributed by atoms with Crippen molar-refractivity contribution in [3.63, 3.8) is 0 Å². The van der Waals surface area contributed by atoms with E-state index >= 15 is 0 Å². The Kier molecular flexibility index (Phi) is 7.12. The summed E-state index contributed by atoms with van der Waals surface area (Å²) in [5.41, 5.74) is 0. The van der Waals surface area contributed by atoms with E-state index in [1.54, 1.807) is 6.92 Å². The zero-order valence-corrected chi connectivity index (χ0v) is 9.60. The molecular formula is C8H19BrNO+. The van der Waals surface area contributed by atoms with E-state index in [4.69, 9.17) is 0 Å². The molecule has 0 N–H and O–H groups in total. The van der Waals surface area contributed by atoms with Crippen molar-refractivity contribution in [1.29, 1.82) is 0 Å². The van der Waals surface area contributed by atoms with Crippen LogP contribution in [0.2, 0.25) is 0 Å². The third-order valence-corrected chi connectivity index (χ3v) is 2.48. The van der Waals surface area contributed by atoms with Gasteiger partial charge in [0.1, 0.15) is 0 Å². The van der Waals surface area contributed by atoms with E-state index in [9.17, 15) is 4.79 Å². The van der Waals surface area contributed by atoms with Gasteiger partial charge in [0.15, 0.2) is 0 Å². The van der Waals surface area contributed by atoms with E-state index in [1.807, 2.05) is 0 Å². The Morgan fingerprint density at radius 1 is 1.09 bits per heavy atom. The Morgan fingerprint density at radius 2 is 1.36 bits per heavy atom. The standard InChI is InChI=1S/C8H18NO.BrH/c1-5-9(6-2,7-3)8(4)10;/h5-7H2,1-4H3;1H/q+1;. The van der Waals surface area contributed by atoms with Crippen LogP contribution in [0, 0.1) is 0 Å². The predicted molar refractivity (Wildman–Crippen MR) is 52.9 cm³/mol. The number of carbonyl (C=O) groups is 1. The molecule has 3 heteroatoms. The molecule has 0 aromatic heterocycles. The van der Waals surface area contributed by atoms with Crippen molar-refractivity contribution in [3.05, 3.63) is 0 Å². The molecule has 0 atom stereocenters. The Hall–Kier alpha value is 0.110. The van der Waals surface area contributed by atoms with Crippen LogP contribution in [0.5, 0.6) is 0 Å². The maximum atomic E-state index is 11.1. The van der Waals surface area contributed by atoms with E-state index in [0.717, 1.165) is 19.6 Å². The van der Waals surface area contributed by atoms with E-state index in [0.29, 0.717) is 4.48 Å². The second kappa shape index (κ2) is 5.72. The van der Waals surface area contributed by atoms with E-state index in [2.05, 4.69) is 20.8 Å². The highest BCUT2D eigenvalue weighted by molar-refractivity contribution is 8.93. The van der Waals surface area contributed by atoms with Crippen LogP contribution in [-0.4, -0.2) is 30.0 Å². The number of quaternary nitrogens is 1. The highest BCUT2D eigenvalue weighted by Gasteiger charge is 2.26. The lowest BCUT2D eigenvalue weighted by atomic mass is 10.3. The lowest BCUT2D eigenvalue weighted by Crippen LogP contribution is -2.51. The van der Waals surface area contributed by atoms with Gasteiger partial charge < -0.3 is 0 Å². The van der Waals surface area contributed by atoms with Gasteiger partial charge in [-0.1, -0.05) is 0 Å². The minimum absolute atomic E-state index is 0. The molecule has 1 amide bonds. The van der Waals surface area contributed by atoms with Gasteiger partial charge in [0.2, 0.25) is 0 Å². The molecule has 0 unspecified atom stereocenters. The minimum Gasteiger partial charge on any atom is -0.261 e. The SMILES string of the molecule is Br.CC[N+](CC)(CC)C(C)=O. The third-order valence-electron chi connectivity index (χ3n) is 2.48. The highest BCUT2D eigenvalue weighted by Crippen LogP contribution is 2.05. The zero-order chi connectivity index (χ0) is 8.20. The molecule has 2 nitrogen and oxygen atoms in total. The molecule has 0 aromatic carbocycles. The summed E-state index contributed by atoms with van der Waals surface area (Å²) in [5.74, 6) is 0.285. The van der Waals surface area contributed by atoms with Crippen LogP contribution in [-0.2, 0) is 4.79 Å². The van der Waals surface area contributed by atoms with Crippen molar-refractivity contribution in [2.24, 2.45) is 0 Å². The fourth-order valence-electron chi connectivity index (χ4n) is 1.34. The lowest BCUT2D eigenvalue weighted by Gasteiger charge is -2.31. The van der Waals surface area contributed by atoms with Gasteiger partial charge in [0.25, 0.3) is 0 Å². The van der Waals surface area contributed by atoms with Crippen LogP contribution in [0.15, 0.2) is 0 Å². The Balaban J connectivity index is 0. The van der Waals surface area contributed by atoms with Gasteiger partial charge in [-0.15, -0.1) is 17.0 Å².